The van der Waals surface area contributed by atoms with Gasteiger partial charge in [-0.3, -0.25) is 0 Å². The number of benzene rings is 1. The maximum atomic E-state index is 12.5. The standard InChI is InChI=1S/C13H19ClN2O2S2/c1-9-10(8-15)6-11(14)7-13(9)20(17,18)16-12-2-4-19-5-3-12/h6-7,12,16H,2-5,8,15H2,1H3. The Kier molecular flexibility index (Phi) is 5.36. The van der Waals surface area contributed by atoms with Crippen LogP contribution in [-0.4, -0.2) is 26.0 Å². The first-order chi connectivity index (χ1) is 9.44. The molecule has 1 aromatic carbocycles. The lowest BCUT2D eigenvalue weighted by atomic mass is 10.1. The number of halogens is 1. The lowest BCUT2D eigenvalue weighted by molar-refractivity contribution is 0.528. The van der Waals surface area contributed by atoms with E-state index in [0.717, 1.165) is 29.9 Å². The molecule has 1 heterocycles. The van der Waals surface area contributed by atoms with Crippen molar-refractivity contribution in [2.45, 2.75) is 37.2 Å². The van der Waals surface area contributed by atoms with Crippen molar-refractivity contribution in [2.75, 3.05) is 11.5 Å². The fraction of sp³-hybridized carbons (Fsp3) is 0.538. The molecule has 3 N–H and O–H groups in total. The SMILES string of the molecule is Cc1c(CN)cc(Cl)cc1S(=O)(=O)NC1CCSCC1. The first-order valence-corrected chi connectivity index (χ1v) is 9.55. The van der Waals surface area contributed by atoms with E-state index in [4.69, 9.17) is 17.3 Å². The van der Waals surface area contributed by atoms with Gasteiger partial charge in [0.15, 0.2) is 0 Å². The predicted octanol–water partition coefficient (Wildman–Crippen LogP) is 2.28. The fourth-order valence-electron chi connectivity index (χ4n) is 2.30. The van der Waals surface area contributed by atoms with Gasteiger partial charge < -0.3 is 5.73 Å². The van der Waals surface area contributed by atoms with Gasteiger partial charge in [-0.1, -0.05) is 11.6 Å². The van der Waals surface area contributed by atoms with Gasteiger partial charge >= 0.3 is 0 Å². The Morgan fingerprint density at radius 3 is 2.65 bits per heavy atom. The second-order valence-electron chi connectivity index (χ2n) is 4.90. The van der Waals surface area contributed by atoms with Gasteiger partial charge in [0.2, 0.25) is 10.0 Å². The molecule has 1 fully saturated rings. The highest BCUT2D eigenvalue weighted by molar-refractivity contribution is 7.99. The maximum absolute atomic E-state index is 12.5. The minimum absolute atomic E-state index is 0.0148. The highest BCUT2D eigenvalue weighted by Gasteiger charge is 2.24. The van der Waals surface area contributed by atoms with Crippen LogP contribution >= 0.6 is 23.4 Å². The van der Waals surface area contributed by atoms with E-state index in [2.05, 4.69) is 4.72 Å². The number of thioether (sulfide) groups is 1. The van der Waals surface area contributed by atoms with Crippen molar-refractivity contribution < 1.29 is 8.42 Å². The molecule has 0 spiro atoms. The average molecular weight is 335 g/mol. The molecule has 0 unspecified atom stereocenters. The summed E-state index contributed by atoms with van der Waals surface area (Å²) >= 11 is 7.86. The monoisotopic (exact) mass is 334 g/mol. The van der Waals surface area contributed by atoms with Gasteiger partial charge in [-0.05, 0) is 54.5 Å². The van der Waals surface area contributed by atoms with Gasteiger partial charge in [0, 0.05) is 17.6 Å². The van der Waals surface area contributed by atoms with Crippen molar-refractivity contribution in [3.05, 3.63) is 28.3 Å². The molecule has 112 valence electrons. The van der Waals surface area contributed by atoms with E-state index in [1.165, 1.54) is 6.07 Å². The molecule has 0 amide bonds. The third-order valence-electron chi connectivity index (χ3n) is 3.48. The first-order valence-electron chi connectivity index (χ1n) is 6.53. The zero-order valence-electron chi connectivity index (χ0n) is 11.4. The van der Waals surface area contributed by atoms with Crippen molar-refractivity contribution in [3.8, 4) is 0 Å². The summed E-state index contributed by atoms with van der Waals surface area (Å²) in [5, 5.41) is 0.399. The highest BCUT2D eigenvalue weighted by atomic mass is 35.5. The fourth-order valence-corrected chi connectivity index (χ4v) is 5.33. The summed E-state index contributed by atoms with van der Waals surface area (Å²) in [5.41, 5.74) is 7.08. The lowest BCUT2D eigenvalue weighted by Crippen LogP contribution is -2.37. The van der Waals surface area contributed by atoms with E-state index in [9.17, 15) is 8.42 Å². The summed E-state index contributed by atoms with van der Waals surface area (Å²) in [5.74, 6) is 1.99. The van der Waals surface area contributed by atoms with E-state index in [1.54, 1.807) is 13.0 Å². The lowest BCUT2D eigenvalue weighted by Gasteiger charge is -2.23. The summed E-state index contributed by atoms with van der Waals surface area (Å²) in [7, 11) is -3.54. The Bertz CT molecular complexity index is 584. The third kappa shape index (κ3) is 3.68. The topological polar surface area (TPSA) is 72.2 Å². The molecular weight excluding hydrogens is 316 g/mol. The molecule has 1 aliphatic rings. The second kappa shape index (κ2) is 6.66. The zero-order chi connectivity index (χ0) is 14.8. The summed E-state index contributed by atoms with van der Waals surface area (Å²) in [4.78, 5) is 0.240. The number of sulfonamides is 1. The Labute approximate surface area is 129 Å². The Balaban J connectivity index is 2.31. The van der Waals surface area contributed by atoms with Gasteiger partial charge in [-0.15, -0.1) is 0 Å². The van der Waals surface area contributed by atoms with Crippen LogP contribution in [0.4, 0.5) is 0 Å². The van der Waals surface area contributed by atoms with Crippen molar-refractivity contribution in [2.24, 2.45) is 5.73 Å². The Hall–Kier alpha value is -0.270. The summed E-state index contributed by atoms with van der Waals surface area (Å²) < 4.78 is 27.8. The molecule has 0 atom stereocenters. The molecule has 4 nitrogen and oxygen atoms in total. The van der Waals surface area contributed by atoms with Crippen molar-refractivity contribution in [1.29, 1.82) is 0 Å². The van der Waals surface area contributed by atoms with Crippen LogP contribution in [0.2, 0.25) is 5.02 Å². The molecule has 1 aliphatic heterocycles. The maximum Gasteiger partial charge on any atom is 0.241 e. The molecule has 20 heavy (non-hydrogen) atoms. The van der Waals surface area contributed by atoms with Crippen LogP contribution in [0.15, 0.2) is 17.0 Å². The van der Waals surface area contributed by atoms with Crippen LogP contribution in [-0.2, 0) is 16.6 Å². The van der Waals surface area contributed by atoms with Crippen LogP contribution in [0.25, 0.3) is 0 Å². The van der Waals surface area contributed by atoms with Crippen molar-refractivity contribution in [3.63, 3.8) is 0 Å². The van der Waals surface area contributed by atoms with E-state index < -0.39 is 10.0 Å². The molecule has 1 saturated heterocycles. The largest absolute Gasteiger partial charge is 0.326 e. The van der Waals surface area contributed by atoms with Crippen LogP contribution in [0.3, 0.4) is 0 Å². The minimum atomic E-state index is -3.54. The first kappa shape index (κ1) is 16.1. The van der Waals surface area contributed by atoms with E-state index in [-0.39, 0.29) is 17.5 Å². The number of nitrogens with one attached hydrogen (secondary N) is 1. The molecule has 0 aliphatic carbocycles. The molecule has 0 radical (unpaired) electrons. The van der Waals surface area contributed by atoms with Crippen LogP contribution in [0, 0.1) is 6.92 Å². The normalized spacial score (nSPS) is 17.4. The zero-order valence-corrected chi connectivity index (χ0v) is 13.7. The van der Waals surface area contributed by atoms with Crippen LogP contribution < -0.4 is 10.5 Å². The van der Waals surface area contributed by atoms with Crippen LogP contribution in [0.5, 0.6) is 0 Å². The van der Waals surface area contributed by atoms with Gasteiger partial charge in [0.25, 0.3) is 0 Å². The van der Waals surface area contributed by atoms with E-state index in [0.29, 0.717) is 10.6 Å². The number of hydrogen-bond acceptors (Lipinski definition) is 4. The van der Waals surface area contributed by atoms with Crippen molar-refractivity contribution in [1.82, 2.24) is 4.72 Å². The molecule has 0 bridgehead atoms. The average Bonchev–Trinajstić information content (AvgIpc) is 2.41. The number of hydrogen-bond donors (Lipinski definition) is 2. The smallest absolute Gasteiger partial charge is 0.241 e. The van der Waals surface area contributed by atoms with Gasteiger partial charge in [0.1, 0.15) is 0 Å². The van der Waals surface area contributed by atoms with Gasteiger partial charge in [-0.2, -0.15) is 11.8 Å². The van der Waals surface area contributed by atoms with Crippen LogP contribution in [0.1, 0.15) is 24.0 Å². The number of nitrogens with two attached hydrogens (primary N) is 1. The molecule has 0 saturated carbocycles. The van der Waals surface area contributed by atoms with Crippen molar-refractivity contribution >= 4 is 33.4 Å². The molecule has 1 aromatic rings. The Morgan fingerprint density at radius 1 is 1.40 bits per heavy atom. The summed E-state index contributed by atoms with van der Waals surface area (Å²) in [6.45, 7) is 2.04. The van der Waals surface area contributed by atoms with Gasteiger partial charge in [-0.25, -0.2) is 13.1 Å². The Morgan fingerprint density at radius 2 is 2.05 bits per heavy atom. The molecule has 0 aromatic heterocycles. The molecule has 7 heteroatoms. The quantitative estimate of drug-likeness (QED) is 0.886. The summed E-state index contributed by atoms with van der Waals surface area (Å²) in [6.07, 6.45) is 1.74. The summed E-state index contributed by atoms with van der Waals surface area (Å²) in [6, 6.07) is 3.23. The second-order valence-corrected chi connectivity index (χ2v) is 8.24. The minimum Gasteiger partial charge on any atom is -0.326 e. The highest BCUT2D eigenvalue weighted by Crippen LogP contribution is 2.26. The van der Waals surface area contributed by atoms with Gasteiger partial charge in [0.05, 0.1) is 4.90 Å². The van der Waals surface area contributed by atoms with E-state index in [1.807, 2.05) is 11.8 Å². The third-order valence-corrected chi connectivity index (χ3v) is 6.40. The van der Waals surface area contributed by atoms with E-state index >= 15 is 0 Å². The molecular formula is C13H19ClN2O2S2. The number of rotatable bonds is 4. The predicted molar refractivity (Wildman–Crippen MR) is 84.7 cm³/mol. The molecule has 2 rings (SSSR count).